The summed E-state index contributed by atoms with van der Waals surface area (Å²) in [6.07, 6.45) is 19.6. The van der Waals surface area contributed by atoms with Crippen molar-refractivity contribution in [2.24, 2.45) is 0 Å². The highest BCUT2D eigenvalue weighted by molar-refractivity contribution is 7.84. The number of carbonyl (C=O) groups is 4. The van der Waals surface area contributed by atoms with Crippen LogP contribution < -0.4 is 5.32 Å². The molecule has 0 radical (unpaired) electrons. The van der Waals surface area contributed by atoms with Crippen molar-refractivity contribution in [2.45, 2.75) is 155 Å². The average Bonchev–Trinajstić information content (AvgIpc) is 2.87. The highest BCUT2D eigenvalue weighted by Crippen LogP contribution is 2.36. The van der Waals surface area contributed by atoms with Gasteiger partial charge in [0.15, 0.2) is 19.2 Å². The number of unbranched alkanes of at least 4 members (excludes halogenated alkanes) is 13. The van der Waals surface area contributed by atoms with Gasteiger partial charge in [-0.2, -0.15) is 0 Å². The van der Waals surface area contributed by atoms with Gasteiger partial charge in [-0.05, 0) is 12.8 Å². The molecule has 8 heteroatoms. The maximum atomic E-state index is 12.7. The van der Waals surface area contributed by atoms with Crippen LogP contribution in [0.2, 0.25) is 0 Å². The molecule has 40 heavy (non-hydrogen) atoms. The zero-order valence-corrected chi connectivity index (χ0v) is 27.5. The summed E-state index contributed by atoms with van der Waals surface area (Å²) in [6.45, 7) is 4.92. The summed E-state index contributed by atoms with van der Waals surface area (Å²) in [7, 11) is 3.66. The number of nitrogens with zero attached hydrogens (tertiary/aromatic N) is 1. The number of ketones is 1. The maximum absolute atomic E-state index is 12.7. The second-order valence-corrected chi connectivity index (χ2v) is 14.1. The van der Waals surface area contributed by atoms with Gasteiger partial charge in [-0.3, -0.25) is 19.2 Å². The number of rotatable bonds is 28. The molecule has 2 unspecified atom stereocenters. The van der Waals surface area contributed by atoms with Crippen LogP contribution in [0.3, 0.4) is 0 Å². The Balaban J connectivity index is 4.30. The van der Waals surface area contributed by atoms with Crippen LogP contribution in [0, 0.1) is 0 Å². The topological polar surface area (TPSA) is 101 Å². The Morgan fingerprint density at radius 1 is 0.625 bits per heavy atom. The average molecular weight is 586 g/mol. The van der Waals surface area contributed by atoms with E-state index in [0.29, 0.717) is 30.2 Å². The molecule has 7 nitrogen and oxygen atoms in total. The van der Waals surface area contributed by atoms with E-state index in [-0.39, 0.29) is 31.0 Å². The van der Waals surface area contributed by atoms with Gasteiger partial charge in [0.05, 0.1) is 27.7 Å². The number of hydrogen-bond acceptors (Lipinski definition) is 5. The van der Waals surface area contributed by atoms with Crippen molar-refractivity contribution < 1.29 is 28.6 Å². The predicted octanol–water partition coefficient (Wildman–Crippen LogP) is 7.42. The summed E-state index contributed by atoms with van der Waals surface area (Å²) in [5.41, 5.74) is -0.989. The number of Topliss-reactive ketones (excluding diaryl/α,β-unsaturated/α-hetero) is 1. The van der Waals surface area contributed by atoms with Gasteiger partial charge in [-0.25, -0.2) is 0 Å². The van der Waals surface area contributed by atoms with Gasteiger partial charge in [0.25, 0.3) is 0 Å². The molecule has 0 aliphatic carbocycles. The lowest BCUT2D eigenvalue weighted by Gasteiger charge is -2.23. The van der Waals surface area contributed by atoms with Crippen LogP contribution >= 0.6 is 8.15 Å². The normalized spacial score (nSPS) is 13.2. The molecule has 2 atom stereocenters. The van der Waals surface area contributed by atoms with Gasteiger partial charge in [0.1, 0.15) is 5.78 Å². The molecule has 0 aliphatic rings. The number of amides is 1. The van der Waals surface area contributed by atoms with Gasteiger partial charge in [-0.1, -0.05) is 97.3 Å². The lowest BCUT2D eigenvalue weighted by Crippen LogP contribution is -2.38. The first-order valence-corrected chi connectivity index (χ1v) is 17.5. The fourth-order valence-corrected chi connectivity index (χ4v) is 5.88. The zero-order chi connectivity index (χ0) is 30.2. The van der Waals surface area contributed by atoms with Crippen molar-refractivity contribution >= 4 is 30.9 Å². The molecule has 0 fully saturated rings. The second kappa shape index (κ2) is 24.4. The van der Waals surface area contributed by atoms with Gasteiger partial charge < -0.3 is 14.7 Å². The Kier molecular flexibility index (Phi) is 23.7. The fourth-order valence-electron chi connectivity index (χ4n) is 4.84. The summed E-state index contributed by atoms with van der Waals surface area (Å²) in [5.74, 6) is -0.189. The minimum absolute atomic E-state index is 0.0186. The molecule has 0 aromatic carbocycles. The predicted molar refractivity (Wildman–Crippen MR) is 167 cm³/mol. The van der Waals surface area contributed by atoms with Crippen LogP contribution in [0.1, 0.15) is 149 Å². The van der Waals surface area contributed by atoms with Crippen molar-refractivity contribution in [2.75, 3.05) is 27.7 Å². The van der Waals surface area contributed by atoms with E-state index in [1.807, 2.05) is 28.1 Å². The highest BCUT2D eigenvalue weighted by atomic mass is 31.1. The third-order valence-corrected chi connectivity index (χ3v) is 8.59. The molecule has 0 rings (SSSR count). The molecule has 2 N–H and O–H groups in total. The summed E-state index contributed by atoms with van der Waals surface area (Å²) < 4.78 is 0.706. The van der Waals surface area contributed by atoms with E-state index in [0.717, 1.165) is 25.8 Å². The molecule has 0 bridgehead atoms. The van der Waals surface area contributed by atoms with Crippen molar-refractivity contribution in [1.82, 2.24) is 5.32 Å². The Morgan fingerprint density at radius 3 is 1.60 bits per heavy atom. The van der Waals surface area contributed by atoms with Crippen LogP contribution in [0.15, 0.2) is 0 Å². The van der Waals surface area contributed by atoms with Crippen LogP contribution in [0.5, 0.6) is 0 Å². The molecule has 0 aliphatic heterocycles. The van der Waals surface area contributed by atoms with Crippen molar-refractivity contribution in [3.8, 4) is 0 Å². The van der Waals surface area contributed by atoms with Gasteiger partial charge in [0.2, 0.25) is 5.91 Å². The minimum atomic E-state index is -2.42. The fraction of sp³-hybridized carbons (Fsp3) is 0.875. The smallest absolute Gasteiger partial charge is 0.220 e. The number of hydrogen-bond donors (Lipinski definition) is 2. The Labute approximate surface area is 247 Å². The van der Waals surface area contributed by atoms with Gasteiger partial charge >= 0.3 is 0 Å². The lowest BCUT2D eigenvalue weighted by molar-refractivity contribution is -0.870. The molecule has 1 amide bonds. The van der Waals surface area contributed by atoms with E-state index in [2.05, 4.69) is 12.2 Å². The maximum Gasteiger partial charge on any atom is 0.220 e. The van der Waals surface area contributed by atoms with Crippen molar-refractivity contribution in [1.29, 1.82) is 0 Å². The first-order valence-electron chi connectivity index (χ1n) is 16.2. The van der Waals surface area contributed by atoms with E-state index in [1.165, 1.54) is 70.6 Å². The molecule has 0 spiro atoms. The highest BCUT2D eigenvalue weighted by Gasteiger charge is 2.28. The standard InChI is InChI=1S/C32H61N2O5P/c1-6-8-9-10-11-12-13-14-15-16-17-18-19-20-23-29(35)26-28(33-30(36)22-7-2)27-32(38)40(39)31(37)24-21-25-34(3,4)5/h28,39H,6-27H2,1-5H3/p+1. The third kappa shape index (κ3) is 23.5. The molecule has 234 valence electrons. The monoisotopic (exact) mass is 585 g/mol. The van der Waals surface area contributed by atoms with Gasteiger partial charge in [0, 0.05) is 44.6 Å². The number of nitrogens with one attached hydrogen (secondary N) is 1. The van der Waals surface area contributed by atoms with E-state index in [9.17, 15) is 24.1 Å². The SMILES string of the molecule is CCCCCCCCCCCCCCCCC(=O)CC(CC(=O)P(O)C(=O)CCC[N+](C)(C)C)NC(=O)CCC. The first kappa shape index (κ1) is 38.8. The quantitative estimate of drug-likeness (QED) is 0.0565. The molecule has 0 aromatic heterocycles. The summed E-state index contributed by atoms with van der Waals surface area (Å²) >= 11 is 0. The van der Waals surface area contributed by atoms with Crippen molar-refractivity contribution in [3.05, 3.63) is 0 Å². The summed E-state index contributed by atoms with van der Waals surface area (Å²) in [5, 5.41) is 2.79. The summed E-state index contributed by atoms with van der Waals surface area (Å²) in [6, 6.07) is -0.665. The first-order chi connectivity index (χ1) is 19.0. The minimum Gasteiger partial charge on any atom is -0.360 e. The lowest BCUT2D eigenvalue weighted by atomic mass is 10.0. The second-order valence-electron chi connectivity index (χ2n) is 12.5. The van der Waals surface area contributed by atoms with Gasteiger partial charge in [-0.15, -0.1) is 0 Å². The number of quaternary nitrogens is 1. The third-order valence-electron chi connectivity index (χ3n) is 7.24. The number of carbonyl (C=O) groups excluding carboxylic acids is 4. The Bertz CT molecular complexity index is 708. The molecule has 0 aromatic rings. The zero-order valence-electron chi connectivity index (χ0n) is 26.6. The van der Waals surface area contributed by atoms with E-state index in [1.54, 1.807) is 0 Å². The molecular weight excluding hydrogens is 523 g/mol. The van der Waals surface area contributed by atoms with E-state index in [4.69, 9.17) is 0 Å². The largest absolute Gasteiger partial charge is 0.360 e. The molecule has 0 saturated heterocycles. The van der Waals surface area contributed by atoms with Crippen LogP contribution in [-0.4, -0.2) is 65.8 Å². The van der Waals surface area contributed by atoms with E-state index < -0.39 is 25.2 Å². The Morgan fingerprint density at radius 2 is 1.12 bits per heavy atom. The van der Waals surface area contributed by atoms with Crippen LogP contribution in [0.25, 0.3) is 0 Å². The van der Waals surface area contributed by atoms with Crippen molar-refractivity contribution in [3.63, 3.8) is 0 Å². The Hall–Kier alpha value is -1.17. The van der Waals surface area contributed by atoms with Crippen LogP contribution in [0.4, 0.5) is 0 Å². The summed E-state index contributed by atoms with van der Waals surface area (Å²) in [4.78, 5) is 60.2. The van der Waals surface area contributed by atoms with E-state index >= 15 is 0 Å². The molecule has 0 heterocycles. The van der Waals surface area contributed by atoms with Crippen LogP contribution in [-0.2, 0) is 19.2 Å². The molecular formula is C32H62N2O5P+. The molecule has 0 saturated carbocycles.